The highest BCUT2D eigenvalue weighted by Crippen LogP contribution is 2.25. The average molecular weight is 201 g/mol. The summed E-state index contributed by atoms with van der Waals surface area (Å²) < 4.78 is 0. The summed E-state index contributed by atoms with van der Waals surface area (Å²) in [6.45, 7) is 0. The van der Waals surface area contributed by atoms with E-state index < -0.39 is 0 Å². The molecule has 0 bridgehead atoms. The van der Waals surface area contributed by atoms with Gasteiger partial charge in [0, 0.05) is 18.0 Å². The summed E-state index contributed by atoms with van der Waals surface area (Å²) in [5, 5.41) is 12.5. The molecule has 1 aromatic heterocycles. The summed E-state index contributed by atoms with van der Waals surface area (Å²) in [6, 6.07) is 10.4. The van der Waals surface area contributed by atoms with Crippen LogP contribution in [0.2, 0.25) is 0 Å². The Balaban J connectivity index is 2.26. The Morgan fingerprint density at radius 3 is 2.73 bits per heavy atom. The number of aromatic nitrogens is 1. The quantitative estimate of drug-likeness (QED) is 0.651. The van der Waals surface area contributed by atoms with E-state index in [9.17, 15) is 5.11 Å². The zero-order valence-corrected chi connectivity index (χ0v) is 8.01. The molecular formula is C11H11N3O. The number of phenolic OH excluding ortho intramolecular Hbond substituents is 1. The first-order valence-corrected chi connectivity index (χ1v) is 4.52. The van der Waals surface area contributed by atoms with E-state index in [4.69, 9.17) is 5.73 Å². The highest BCUT2D eigenvalue weighted by Gasteiger charge is 2.00. The smallest absolute Gasteiger partial charge is 0.139 e. The first-order valence-electron chi connectivity index (χ1n) is 4.52. The number of para-hydroxylation sites is 2. The van der Waals surface area contributed by atoms with Gasteiger partial charge in [0.05, 0.1) is 5.69 Å². The Bertz CT molecular complexity index is 471. The first kappa shape index (κ1) is 9.33. The third-order valence-corrected chi connectivity index (χ3v) is 1.95. The van der Waals surface area contributed by atoms with Gasteiger partial charge in [0.25, 0.3) is 0 Å². The van der Waals surface area contributed by atoms with Crippen molar-refractivity contribution >= 4 is 17.2 Å². The molecule has 0 fully saturated rings. The maximum absolute atomic E-state index is 9.52. The Hall–Kier alpha value is -2.23. The van der Waals surface area contributed by atoms with Gasteiger partial charge in [0.1, 0.15) is 11.6 Å². The van der Waals surface area contributed by atoms with E-state index in [1.807, 2.05) is 6.07 Å². The lowest BCUT2D eigenvalue weighted by Gasteiger charge is -2.07. The van der Waals surface area contributed by atoms with E-state index in [0.717, 1.165) is 0 Å². The molecule has 4 heteroatoms. The molecule has 4 nitrogen and oxygen atoms in total. The van der Waals surface area contributed by atoms with Gasteiger partial charge in [-0.2, -0.15) is 0 Å². The number of nitrogens with one attached hydrogen (secondary N) is 1. The van der Waals surface area contributed by atoms with E-state index in [0.29, 0.717) is 17.2 Å². The molecule has 0 radical (unpaired) electrons. The van der Waals surface area contributed by atoms with Gasteiger partial charge >= 0.3 is 0 Å². The van der Waals surface area contributed by atoms with Gasteiger partial charge in [-0.15, -0.1) is 0 Å². The number of aromatic hydroxyl groups is 1. The molecule has 0 saturated carbocycles. The van der Waals surface area contributed by atoms with Crippen LogP contribution in [0.1, 0.15) is 0 Å². The Kier molecular flexibility index (Phi) is 2.41. The highest BCUT2D eigenvalue weighted by molar-refractivity contribution is 5.65. The number of nitrogens with two attached hydrogens (primary N) is 1. The maximum atomic E-state index is 9.52. The van der Waals surface area contributed by atoms with E-state index in [1.165, 1.54) is 0 Å². The molecule has 2 aromatic rings. The van der Waals surface area contributed by atoms with Crippen molar-refractivity contribution in [3.05, 3.63) is 42.6 Å². The summed E-state index contributed by atoms with van der Waals surface area (Å²) in [6.07, 6.45) is 1.61. The van der Waals surface area contributed by atoms with Crippen LogP contribution in [0, 0.1) is 0 Å². The highest BCUT2D eigenvalue weighted by atomic mass is 16.3. The van der Waals surface area contributed by atoms with Gasteiger partial charge in [-0.05, 0) is 18.2 Å². The van der Waals surface area contributed by atoms with Crippen LogP contribution in [0.3, 0.4) is 0 Å². The van der Waals surface area contributed by atoms with Crippen molar-refractivity contribution in [2.45, 2.75) is 0 Å². The molecule has 2 rings (SSSR count). The standard InChI is InChI=1S/C11H11N3O/c12-8-5-6-13-11(7-8)14-9-3-1-2-4-10(9)15/h1-7,15H,(H3,12,13,14). The summed E-state index contributed by atoms with van der Waals surface area (Å²) in [4.78, 5) is 4.07. The van der Waals surface area contributed by atoms with Crippen molar-refractivity contribution in [2.24, 2.45) is 0 Å². The second kappa shape index (κ2) is 3.88. The number of hydrogen-bond acceptors (Lipinski definition) is 4. The number of phenols is 1. The lowest BCUT2D eigenvalue weighted by atomic mass is 10.3. The van der Waals surface area contributed by atoms with Crippen LogP contribution in [0.4, 0.5) is 17.2 Å². The molecule has 1 heterocycles. The Labute approximate surface area is 87.4 Å². The van der Waals surface area contributed by atoms with Crippen molar-refractivity contribution in [3.8, 4) is 5.75 Å². The second-order valence-electron chi connectivity index (χ2n) is 3.12. The molecule has 0 spiro atoms. The lowest BCUT2D eigenvalue weighted by molar-refractivity contribution is 0.477. The third kappa shape index (κ3) is 2.17. The monoisotopic (exact) mass is 201 g/mol. The molecule has 76 valence electrons. The van der Waals surface area contributed by atoms with Gasteiger partial charge in [-0.1, -0.05) is 12.1 Å². The number of nitrogen functional groups attached to an aromatic ring is 1. The van der Waals surface area contributed by atoms with Crippen LogP contribution >= 0.6 is 0 Å². The van der Waals surface area contributed by atoms with Gasteiger partial charge in [0.15, 0.2) is 0 Å². The SMILES string of the molecule is Nc1ccnc(Nc2ccccc2O)c1. The van der Waals surface area contributed by atoms with E-state index in [-0.39, 0.29) is 5.75 Å². The molecular weight excluding hydrogens is 190 g/mol. The van der Waals surface area contributed by atoms with Crippen LogP contribution in [0.15, 0.2) is 42.6 Å². The van der Waals surface area contributed by atoms with Crippen LogP contribution in [0.5, 0.6) is 5.75 Å². The van der Waals surface area contributed by atoms with Gasteiger partial charge < -0.3 is 16.2 Å². The van der Waals surface area contributed by atoms with E-state index in [2.05, 4.69) is 10.3 Å². The molecule has 0 amide bonds. The molecule has 0 aliphatic rings. The summed E-state index contributed by atoms with van der Waals surface area (Å²) in [7, 11) is 0. The molecule has 0 unspecified atom stereocenters. The van der Waals surface area contributed by atoms with E-state index in [1.54, 1.807) is 36.5 Å². The Morgan fingerprint density at radius 2 is 2.00 bits per heavy atom. The first-order chi connectivity index (χ1) is 7.25. The number of benzene rings is 1. The van der Waals surface area contributed by atoms with Crippen molar-refractivity contribution in [2.75, 3.05) is 11.1 Å². The second-order valence-corrected chi connectivity index (χ2v) is 3.12. The molecule has 0 saturated heterocycles. The normalized spacial score (nSPS) is 9.87. The van der Waals surface area contributed by atoms with Crippen molar-refractivity contribution < 1.29 is 5.11 Å². The van der Waals surface area contributed by atoms with E-state index >= 15 is 0 Å². The predicted octanol–water partition coefficient (Wildman–Crippen LogP) is 2.11. The minimum Gasteiger partial charge on any atom is -0.506 e. The fraction of sp³-hybridized carbons (Fsp3) is 0. The number of hydrogen-bond donors (Lipinski definition) is 3. The topological polar surface area (TPSA) is 71.2 Å². The fourth-order valence-corrected chi connectivity index (χ4v) is 1.23. The van der Waals surface area contributed by atoms with Crippen molar-refractivity contribution in [3.63, 3.8) is 0 Å². The fourth-order valence-electron chi connectivity index (χ4n) is 1.23. The lowest BCUT2D eigenvalue weighted by Crippen LogP contribution is -1.95. The van der Waals surface area contributed by atoms with Crippen LogP contribution in [0.25, 0.3) is 0 Å². The number of anilines is 3. The molecule has 0 aliphatic carbocycles. The minimum absolute atomic E-state index is 0.182. The van der Waals surface area contributed by atoms with Gasteiger partial charge in [-0.3, -0.25) is 0 Å². The van der Waals surface area contributed by atoms with Crippen LogP contribution < -0.4 is 11.1 Å². The number of rotatable bonds is 2. The average Bonchev–Trinajstić information content (AvgIpc) is 2.22. The van der Waals surface area contributed by atoms with Crippen LogP contribution in [-0.2, 0) is 0 Å². The summed E-state index contributed by atoms with van der Waals surface area (Å²) in [5.74, 6) is 0.790. The molecule has 15 heavy (non-hydrogen) atoms. The number of nitrogens with zero attached hydrogens (tertiary/aromatic N) is 1. The van der Waals surface area contributed by atoms with Gasteiger partial charge in [-0.25, -0.2) is 4.98 Å². The summed E-state index contributed by atoms with van der Waals surface area (Å²) in [5.41, 5.74) is 6.84. The predicted molar refractivity (Wildman–Crippen MR) is 60.0 cm³/mol. The maximum Gasteiger partial charge on any atom is 0.139 e. The molecule has 0 aliphatic heterocycles. The molecule has 1 aromatic carbocycles. The summed E-state index contributed by atoms with van der Waals surface area (Å²) >= 11 is 0. The minimum atomic E-state index is 0.182. The molecule has 4 N–H and O–H groups in total. The zero-order chi connectivity index (χ0) is 10.7. The van der Waals surface area contributed by atoms with Crippen molar-refractivity contribution in [1.82, 2.24) is 4.98 Å². The largest absolute Gasteiger partial charge is 0.506 e. The van der Waals surface area contributed by atoms with Crippen LogP contribution in [-0.4, -0.2) is 10.1 Å². The zero-order valence-electron chi connectivity index (χ0n) is 8.01. The van der Waals surface area contributed by atoms with Gasteiger partial charge in [0.2, 0.25) is 0 Å². The number of pyridine rings is 1. The molecule has 0 atom stereocenters. The Morgan fingerprint density at radius 1 is 1.20 bits per heavy atom. The third-order valence-electron chi connectivity index (χ3n) is 1.95. The van der Waals surface area contributed by atoms with Crippen molar-refractivity contribution in [1.29, 1.82) is 0 Å².